The molecule has 0 aliphatic rings. The predicted molar refractivity (Wildman–Crippen MR) is 55.6 cm³/mol. The Balaban J connectivity index is 3.72. The summed E-state index contributed by atoms with van der Waals surface area (Å²) in [7, 11) is -0.740. The highest BCUT2D eigenvalue weighted by atomic mass is 32.2. The Morgan fingerprint density at radius 3 is 2.08 bits per heavy atom. The van der Waals surface area contributed by atoms with Crippen molar-refractivity contribution >= 4 is 10.8 Å². The van der Waals surface area contributed by atoms with Crippen LogP contribution < -0.4 is 5.73 Å². The van der Waals surface area contributed by atoms with E-state index in [2.05, 4.69) is 13.8 Å². The zero-order valence-corrected chi connectivity index (χ0v) is 9.36. The highest BCUT2D eigenvalue weighted by Gasteiger charge is 2.14. The fourth-order valence-electron chi connectivity index (χ4n) is 0.777. The third kappa shape index (κ3) is 4.88. The van der Waals surface area contributed by atoms with Crippen molar-refractivity contribution in [3.8, 4) is 0 Å². The summed E-state index contributed by atoms with van der Waals surface area (Å²) in [6.07, 6.45) is 1.03. The lowest BCUT2D eigenvalue weighted by molar-refractivity contribution is 0.608. The van der Waals surface area contributed by atoms with Gasteiger partial charge in [-0.2, -0.15) is 0 Å². The second-order valence-corrected chi connectivity index (χ2v) is 5.74. The largest absolute Gasteiger partial charge is 0.327 e. The smallest absolute Gasteiger partial charge is 0.0468 e. The van der Waals surface area contributed by atoms with E-state index in [9.17, 15) is 4.21 Å². The molecule has 0 aliphatic heterocycles. The molecule has 0 rings (SSSR count). The first kappa shape index (κ1) is 12.1. The minimum atomic E-state index is -0.740. The van der Waals surface area contributed by atoms with E-state index in [0.717, 1.165) is 12.2 Å². The summed E-state index contributed by atoms with van der Waals surface area (Å²) in [4.78, 5) is 0. The van der Waals surface area contributed by atoms with Gasteiger partial charge in [-0.25, -0.2) is 0 Å². The van der Waals surface area contributed by atoms with Crippen LogP contribution in [-0.4, -0.2) is 21.3 Å². The van der Waals surface area contributed by atoms with Crippen molar-refractivity contribution in [2.24, 2.45) is 11.7 Å². The van der Waals surface area contributed by atoms with Crippen LogP contribution in [0.3, 0.4) is 0 Å². The molecule has 0 aromatic heterocycles. The molecule has 0 bridgehead atoms. The highest BCUT2D eigenvalue weighted by Crippen LogP contribution is 2.06. The summed E-state index contributed by atoms with van der Waals surface area (Å²) >= 11 is 0. The zero-order valence-electron chi connectivity index (χ0n) is 8.54. The van der Waals surface area contributed by atoms with Crippen LogP contribution in [0.5, 0.6) is 0 Å². The first-order valence-corrected chi connectivity index (χ1v) is 5.96. The minimum absolute atomic E-state index is 0.0398. The monoisotopic (exact) mass is 191 g/mol. The molecule has 12 heavy (non-hydrogen) atoms. The van der Waals surface area contributed by atoms with Gasteiger partial charge in [-0.1, -0.05) is 13.8 Å². The summed E-state index contributed by atoms with van der Waals surface area (Å²) in [5, 5.41) is 0.128. The normalized spacial score (nSPS) is 19.2. The lowest BCUT2D eigenvalue weighted by atomic mass is 10.2. The zero-order chi connectivity index (χ0) is 9.72. The van der Waals surface area contributed by atoms with Gasteiger partial charge in [0.25, 0.3) is 0 Å². The molecule has 2 nitrogen and oxygen atoms in total. The SMILES string of the molecule is CC(C)CCS(=O)C(C)C(C)N. The minimum Gasteiger partial charge on any atom is -0.327 e. The van der Waals surface area contributed by atoms with Gasteiger partial charge in [-0.15, -0.1) is 0 Å². The van der Waals surface area contributed by atoms with Crippen LogP contribution in [-0.2, 0) is 10.8 Å². The van der Waals surface area contributed by atoms with E-state index in [-0.39, 0.29) is 11.3 Å². The molecule has 3 heteroatoms. The quantitative estimate of drug-likeness (QED) is 0.716. The van der Waals surface area contributed by atoms with Crippen LogP contribution in [0, 0.1) is 5.92 Å². The van der Waals surface area contributed by atoms with Crippen LogP contribution in [0.15, 0.2) is 0 Å². The van der Waals surface area contributed by atoms with Gasteiger partial charge in [0.05, 0.1) is 0 Å². The molecule has 0 heterocycles. The third-order valence-electron chi connectivity index (χ3n) is 2.05. The van der Waals surface area contributed by atoms with Gasteiger partial charge < -0.3 is 5.73 Å². The van der Waals surface area contributed by atoms with Crippen molar-refractivity contribution < 1.29 is 4.21 Å². The lowest BCUT2D eigenvalue weighted by Gasteiger charge is -2.15. The van der Waals surface area contributed by atoms with E-state index in [0.29, 0.717) is 5.92 Å². The van der Waals surface area contributed by atoms with Gasteiger partial charge in [-0.05, 0) is 26.2 Å². The molecule has 0 saturated carbocycles. The maximum atomic E-state index is 11.5. The Kier molecular flexibility index (Phi) is 5.76. The Morgan fingerprint density at radius 1 is 1.25 bits per heavy atom. The Bertz CT molecular complexity index is 145. The van der Waals surface area contributed by atoms with E-state index in [1.807, 2.05) is 13.8 Å². The van der Waals surface area contributed by atoms with E-state index < -0.39 is 10.8 Å². The van der Waals surface area contributed by atoms with Crippen molar-refractivity contribution in [1.29, 1.82) is 0 Å². The lowest BCUT2D eigenvalue weighted by Crippen LogP contribution is -2.33. The van der Waals surface area contributed by atoms with Crippen molar-refractivity contribution in [3.05, 3.63) is 0 Å². The molecule has 0 amide bonds. The average molecular weight is 191 g/mol. The number of nitrogens with two attached hydrogens (primary N) is 1. The van der Waals surface area contributed by atoms with Crippen molar-refractivity contribution in [3.63, 3.8) is 0 Å². The summed E-state index contributed by atoms with van der Waals surface area (Å²) in [6.45, 7) is 8.17. The molecule has 74 valence electrons. The van der Waals surface area contributed by atoms with Crippen LogP contribution >= 0.6 is 0 Å². The molecule has 0 aromatic rings. The molecule has 0 saturated heterocycles. The Hall–Kier alpha value is 0.110. The molecule has 0 radical (unpaired) electrons. The fraction of sp³-hybridized carbons (Fsp3) is 1.00. The second-order valence-electron chi connectivity index (χ2n) is 3.83. The number of hydrogen-bond acceptors (Lipinski definition) is 2. The first-order chi connectivity index (χ1) is 5.45. The standard InChI is InChI=1S/C9H21NOS/c1-7(2)5-6-12(11)9(4)8(3)10/h7-9H,5-6,10H2,1-4H3. The second kappa shape index (κ2) is 5.70. The van der Waals surface area contributed by atoms with Crippen molar-refractivity contribution in [2.75, 3.05) is 5.75 Å². The van der Waals surface area contributed by atoms with Gasteiger partial charge in [0, 0.05) is 27.8 Å². The maximum absolute atomic E-state index is 11.5. The first-order valence-electron chi connectivity index (χ1n) is 4.58. The maximum Gasteiger partial charge on any atom is 0.0468 e. The van der Waals surface area contributed by atoms with Crippen LogP contribution in [0.2, 0.25) is 0 Å². The summed E-state index contributed by atoms with van der Waals surface area (Å²) in [5.41, 5.74) is 5.65. The van der Waals surface area contributed by atoms with Gasteiger partial charge in [0.15, 0.2) is 0 Å². The van der Waals surface area contributed by atoms with Crippen molar-refractivity contribution in [2.45, 2.75) is 45.4 Å². The molecule has 0 aromatic carbocycles. The van der Waals surface area contributed by atoms with Gasteiger partial charge >= 0.3 is 0 Å². The van der Waals surface area contributed by atoms with Crippen LogP contribution in [0.4, 0.5) is 0 Å². The molecular weight excluding hydrogens is 170 g/mol. The molecule has 0 fully saturated rings. The van der Waals surface area contributed by atoms with E-state index in [1.165, 1.54) is 0 Å². The third-order valence-corrected chi connectivity index (χ3v) is 3.95. The van der Waals surface area contributed by atoms with Gasteiger partial charge in [-0.3, -0.25) is 4.21 Å². The molecule has 0 spiro atoms. The van der Waals surface area contributed by atoms with Gasteiger partial charge in [0.2, 0.25) is 0 Å². The Labute approximate surface area is 78.4 Å². The molecule has 2 N–H and O–H groups in total. The fourth-order valence-corrected chi connectivity index (χ4v) is 2.33. The molecular formula is C9H21NOS. The summed E-state index contributed by atoms with van der Waals surface area (Å²) in [5.74, 6) is 1.43. The van der Waals surface area contributed by atoms with Crippen LogP contribution in [0.1, 0.15) is 34.1 Å². The average Bonchev–Trinajstić information content (AvgIpc) is 1.98. The van der Waals surface area contributed by atoms with Crippen LogP contribution in [0.25, 0.3) is 0 Å². The predicted octanol–water partition coefficient (Wildman–Crippen LogP) is 1.52. The molecule has 3 unspecified atom stereocenters. The molecule has 0 aliphatic carbocycles. The van der Waals surface area contributed by atoms with E-state index in [1.54, 1.807) is 0 Å². The topological polar surface area (TPSA) is 43.1 Å². The molecule has 3 atom stereocenters. The highest BCUT2D eigenvalue weighted by molar-refractivity contribution is 7.85. The Morgan fingerprint density at radius 2 is 1.75 bits per heavy atom. The number of hydrogen-bond donors (Lipinski definition) is 1. The summed E-state index contributed by atoms with van der Waals surface area (Å²) < 4.78 is 11.5. The summed E-state index contributed by atoms with van der Waals surface area (Å²) in [6, 6.07) is 0.0398. The van der Waals surface area contributed by atoms with Crippen molar-refractivity contribution in [1.82, 2.24) is 0 Å². The van der Waals surface area contributed by atoms with Gasteiger partial charge in [0.1, 0.15) is 0 Å². The van der Waals surface area contributed by atoms with E-state index in [4.69, 9.17) is 5.73 Å². The number of rotatable bonds is 5. The van der Waals surface area contributed by atoms with E-state index >= 15 is 0 Å².